The first-order valence-corrected chi connectivity index (χ1v) is 8.91. The van der Waals surface area contributed by atoms with Gasteiger partial charge in [-0.2, -0.15) is 0 Å². The topological polar surface area (TPSA) is 114 Å². The Morgan fingerprint density at radius 3 is 1.59 bits per heavy atom. The Labute approximate surface area is 168 Å². The maximum absolute atomic E-state index is 10.9. The Balaban J connectivity index is 2.49. The molecule has 0 N–H and O–H groups in total. The van der Waals surface area contributed by atoms with E-state index in [9.17, 15) is 20.2 Å². The highest BCUT2D eigenvalue weighted by molar-refractivity contribution is 5.31. The average Bonchev–Trinajstić information content (AvgIpc) is 2.67. The van der Waals surface area contributed by atoms with Crippen LogP contribution in [0.3, 0.4) is 0 Å². The summed E-state index contributed by atoms with van der Waals surface area (Å²) in [5.41, 5.74) is -2.16. The maximum Gasteiger partial charge on any atom is 0.231 e. The van der Waals surface area contributed by atoms with Gasteiger partial charge in [-0.15, -0.1) is 0 Å². The molecule has 0 amide bonds. The molecule has 0 radical (unpaired) electrons. The smallest absolute Gasteiger partial charge is 0.231 e. The summed E-state index contributed by atoms with van der Waals surface area (Å²) >= 11 is 0. The minimum Gasteiger partial charge on any atom is -0.381 e. The van der Waals surface area contributed by atoms with Crippen LogP contribution in [0, 0.1) is 32.1 Å². The minimum atomic E-state index is -1.08. The van der Waals surface area contributed by atoms with Crippen LogP contribution >= 0.6 is 0 Å². The Morgan fingerprint density at radius 1 is 0.828 bits per heavy atom. The first-order valence-electron chi connectivity index (χ1n) is 8.91. The van der Waals surface area contributed by atoms with E-state index in [2.05, 4.69) is 0 Å². The predicted octanol–water partition coefficient (Wildman–Crippen LogP) is 2.84. The minimum absolute atomic E-state index is 0.106. The maximum atomic E-state index is 10.9. The summed E-state index contributed by atoms with van der Waals surface area (Å²) in [6, 6.07) is 0. The third kappa shape index (κ3) is 5.57. The van der Waals surface area contributed by atoms with Crippen LogP contribution in [0.4, 0.5) is 0 Å². The normalized spacial score (nSPS) is 31.1. The van der Waals surface area contributed by atoms with Gasteiger partial charge in [-0.3, -0.25) is 20.2 Å². The van der Waals surface area contributed by atoms with Crippen molar-refractivity contribution in [3.05, 3.63) is 93.4 Å². The van der Waals surface area contributed by atoms with E-state index < -0.39 is 32.9 Å². The summed E-state index contributed by atoms with van der Waals surface area (Å²) in [5.74, 6) is -0.989. The lowest BCUT2D eigenvalue weighted by Crippen LogP contribution is -2.54. The molecule has 0 heterocycles. The number of nitro groups is 2. The molecule has 156 valence electrons. The SMILES string of the molecule is COCC1(OC2(COC)C=CC=CC2C=C[N+](=O)[O-])C=CC=CC1C=C[N+](=O)[O-]. The van der Waals surface area contributed by atoms with E-state index in [-0.39, 0.29) is 13.2 Å². The molecule has 4 unspecified atom stereocenters. The van der Waals surface area contributed by atoms with Gasteiger partial charge in [0, 0.05) is 26.1 Å². The summed E-state index contributed by atoms with van der Waals surface area (Å²) < 4.78 is 17.4. The molecule has 0 aliphatic heterocycles. The molecular weight excluding hydrogens is 380 g/mol. The van der Waals surface area contributed by atoms with Crippen LogP contribution in [0.5, 0.6) is 0 Å². The zero-order valence-electron chi connectivity index (χ0n) is 16.2. The molecule has 2 aliphatic carbocycles. The summed E-state index contributed by atoms with van der Waals surface area (Å²) in [7, 11) is 3.02. The third-order valence-electron chi connectivity index (χ3n) is 4.69. The Morgan fingerprint density at radius 2 is 1.24 bits per heavy atom. The van der Waals surface area contributed by atoms with Crippen LogP contribution in [0.15, 0.2) is 73.2 Å². The van der Waals surface area contributed by atoms with Crippen molar-refractivity contribution in [2.24, 2.45) is 11.8 Å². The van der Waals surface area contributed by atoms with Gasteiger partial charge in [-0.05, 0) is 24.3 Å². The monoisotopic (exact) mass is 404 g/mol. The molecule has 0 spiro atoms. The average molecular weight is 404 g/mol. The van der Waals surface area contributed by atoms with E-state index in [4.69, 9.17) is 14.2 Å². The van der Waals surface area contributed by atoms with Gasteiger partial charge in [0.15, 0.2) is 0 Å². The van der Waals surface area contributed by atoms with Crippen molar-refractivity contribution in [3.63, 3.8) is 0 Å². The zero-order valence-corrected chi connectivity index (χ0v) is 16.2. The molecule has 0 fully saturated rings. The highest BCUT2D eigenvalue weighted by atomic mass is 16.6. The van der Waals surface area contributed by atoms with Crippen molar-refractivity contribution in [2.45, 2.75) is 11.2 Å². The molecule has 0 saturated heterocycles. The van der Waals surface area contributed by atoms with Gasteiger partial charge in [0.2, 0.25) is 12.4 Å². The lowest BCUT2D eigenvalue weighted by atomic mass is 9.79. The number of nitrogens with zero attached hydrogens (tertiary/aromatic N) is 2. The zero-order chi connectivity index (χ0) is 21.3. The van der Waals surface area contributed by atoms with E-state index in [1.165, 1.54) is 26.4 Å². The van der Waals surface area contributed by atoms with E-state index in [1.807, 2.05) is 0 Å². The van der Waals surface area contributed by atoms with Crippen molar-refractivity contribution in [1.29, 1.82) is 0 Å². The number of ether oxygens (including phenoxy) is 3. The van der Waals surface area contributed by atoms with Crippen LogP contribution in [0.1, 0.15) is 0 Å². The molecule has 2 rings (SSSR count). The fourth-order valence-corrected chi connectivity index (χ4v) is 3.49. The van der Waals surface area contributed by atoms with Crippen molar-refractivity contribution >= 4 is 0 Å². The molecule has 0 aromatic rings. The van der Waals surface area contributed by atoms with Gasteiger partial charge < -0.3 is 14.2 Å². The van der Waals surface area contributed by atoms with E-state index >= 15 is 0 Å². The van der Waals surface area contributed by atoms with Gasteiger partial charge in [-0.1, -0.05) is 36.5 Å². The fourth-order valence-electron chi connectivity index (χ4n) is 3.49. The van der Waals surface area contributed by atoms with Crippen molar-refractivity contribution in [2.75, 3.05) is 27.4 Å². The highest BCUT2D eigenvalue weighted by Crippen LogP contribution is 2.40. The number of rotatable bonds is 10. The largest absolute Gasteiger partial charge is 0.381 e. The highest BCUT2D eigenvalue weighted by Gasteiger charge is 2.47. The van der Waals surface area contributed by atoms with Crippen LogP contribution < -0.4 is 0 Å². The molecule has 9 heteroatoms. The van der Waals surface area contributed by atoms with Gasteiger partial charge in [0.25, 0.3) is 0 Å². The number of hydrogen-bond acceptors (Lipinski definition) is 7. The van der Waals surface area contributed by atoms with Crippen LogP contribution in [-0.2, 0) is 14.2 Å². The van der Waals surface area contributed by atoms with Crippen molar-refractivity contribution in [3.8, 4) is 0 Å². The number of methoxy groups -OCH3 is 2. The molecule has 9 nitrogen and oxygen atoms in total. The lowest BCUT2D eigenvalue weighted by molar-refractivity contribution is -0.403. The van der Waals surface area contributed by atoms with Gasteiger partial charge in [0.05, 0.1) is 23.1 Å². The van der Waals surface area contributed by atoms with Crippen LogP contribution in [-0.4, -0.2) is 48.5 Å². The molecule has 4 atom stereocenters. The van der Waals surface area contributed by atoms with Gasteiger partial charge in [-0.25, -0.2) is 0 Å². The standard InChI is InChI=1S/C20H24N2O7/c1-27-15-19(11-5-3-7-17(19)9-13-21(23)24)29-20(16-28-2)12-6-4-8-18(20)10-14-22(25)26/h3-14,17-18H,15-16H2,1-2H3. The third-order valence-corrected chi connectivity index (χ3v) is 4.69. The summed E-state index contributed by atoms with van der Waals surface area (Å²) in [6.07, 6.45) is 18.8. The van der Waals surface area contributed by atoms with Crippen molar-refractivity contribution in [1.82, 2.24) is 0 Å². The summed E-state index contributed by atoms with van der Waals surface area (Å²) in [6.45, 7) is 0.213. The summed E-state index contributed by atoms with van der Waals surface area (Å²) in [4.78, 5) is 20.6. The molecule has 0 aromatic carbocycles. The van der Waals surface area contributed by atoms with Crippen LogP contribution in [0.2, 0.25) is 0 Å². The molecule has 0 aromatic heterocycles. The van der Waals surface area contributed by atoms with Gasteiger partial charge >= 0.3 is 0 Å². The van der Waals surface area contributed by atoms with Crippen molar-refractivity contribution < 1.29 is 24.1 Å². The molecular formula is C20H24N2O7. The number of allylic oxidation sites excluding steroid dienone is 4. The molecule has 0 saturated carbocycles. The number of hydrogen-bond donors (Lipinski definition) is 0. The fraction of sp³-hybridized carbons (Fsp3) is 0.400. The quantitative estimate of drug-likeness (QED) is 0.406. The van der Waals surface area contributed by atoms with E-state index in [0.717, 1.165) is 12.4 Å². The Bertz CT molecular complexity index is 720. The predicted molar refractivity (Wildman–Crippen MR) is 106 cm³/mol. The van der Waals surface area contributed by atoms with Gasteiger partial charge in [0.1, 0.15) is 11.2 Å². The second-order valence-corrected chi connectivity index (χ2v) is 6.67. The molecule has 0 bridgehead atoms. The summed E-state index contributed by atoms with van der Waals surface area (Å²) in [5, 5.41) is 21.7. The Hall–Kier alpha value is -2.88. The molecule has 2 aliphatic rings. The van der Waals surface area contributed by atoms with E-state index in [1.54, 1.807) is 48.6 Å². The molecule has 29 heavy (non-hydrogen) atoms. The lowest BCUT2D eigenvalue weighted by Gasteiger charge is -2.46. The van der Waals surface area contributed by atoms with Crippen LogP contribution in [0.25, 0.3) is 0 Å². The second kappa shape index (κ2) is 10.1. The van der Waals surface area contributed by atoms with E-state index in [0.29, 0.717) is 0 Å². The first-order chi connectivity index (χ1) is 13.9. The first kappa shape index (κ1) is 22.4. The Kier molecular flexibility index (Phi) is 7.77. The second-order valence-electron chi connectivity index (χ2n) is 6.67.